The molecule has 0 aliphatic carbocycles. The first-order chi connectivity index (χ1) is 12.4. The second-order valence-electron chi connectivity index (χ2n) is 7.63. The zero-order chi connectivity index (χ0) is 19.1. The topological polar surface area (TPSA) is 61.8 Å². The minimum atomic E-state index is -0.234. The van der Waals surface area contributed by atoms with Crippen molar-refractivity contribution < 1.29 is 9.50 Å². The third kappa shape index (κ3) is 5.86. The van der Waals surface area contributed by atoms with Crippen LogP contribution in [-0.4, -0.2) is 48.0 Å². The number of aliphatic hydroxyl groups excluding tert-OH is 1. The van der Waals surface area contributed by atoms with Gasteiger partial charge in [0.2, 0.25) is 0 Å². The first-order valence-corrected chi connectivity index (χ1v) is 9.88. The van der Waals surface area contributed by atoms with Crippen LogP contribution in [0.25, 0.3) is 0 Å². The van der Waals surface area contributed by atoms with Crippen molar-refractivity contribution in [3.63, 3.8) is 0 Å². The Balaban J connectivity index is 2.16. The Morgan fingerprint density at radius 3 is 2.85 bits per heavy atom. The van der Waals surface area contributed by atoms with E-state index < -0.39 is 0 Å². The molecule has 1 aliphatic rings. The molecule has 1 fully saturated rings. The summed E-state index contributed by atoms with van der Waals surface area (Å²) in [6.45, 7) is 9.16. The van der Waals surface area contributed by atoms with Crippen molar-refractivity contribution in [3.05, 3.63) is 29.6 Å². The van der Waals surface area contributed by atoms with Crippen LogP contribution < -0.4 is 5.73 Å². The molecule has 3 atom stereocenters. The number of hydrogen-bond acceptors (Lipinski definition) is 4. The number of aliphatic hydroxyl groups is 1. The second-order valence-corrected chi connectivity index (χ2v) is 7.63. The first kappa shape index (κ1) is 21.0. The number of β-amino-alcohol motifs (C(OH)–C–C–N with tert-alkyl or cyclic N) is 1. The third-order valence-corrected chi connectivity index (χ3v) is 5.42. The van der Waals surface area contributed by atoms with Crippen LogP contribution in [0.1, 0.15) is 45.1 Å². The van der Waals surface area contributed by atoms with E-state index in [1.54, 1.807) is 6.07 Å². The number of aryl methyl sites for hydroxylation is 1. The number of nitrogens with two attached hydrogens (primary N) is 1. The Labute approximate surface area is 157 Å². The maximum absolute atomic E-state index is 13.4. The lowest BCUT2D eigenvalue weighted by atomic mass is 9.83. The minimum Gasteiger partial charge on any atom is -0.395 e. The molecule has 1 saturated heterocycles. The normalized spacial score (nSPS) is 21.6. The zero-order valence-corrected chi connectivity index (χ0v) is 16.4. The Bertz CT molecular complexity index is 601. The standard InChI is InChI=1S/C21H34FN3O/c1-4-18(13-17-6-5-9-25(14-17)10-11-26)21(16(3)23)24-20-8-7-19(22)12-15(20)2/h7-8,12,16-18,26H,4-6,9-11,13-14,23H2,1-3H3. The van der Waals surface area contributed by atoms with Gasteiger partial charge in [-0.25, -0.2) is 4.39 Å². The van der Waals surface area contributed by atoms with E-state index in [-0.39, 0.29) is 18.5 Å². The van der Waals surface area contributed by atoms with Gasteiger partial charge in [0.25, 0.3) is 0 Å². The molecule has 1 heterocycles. The van der Waals surface area contributed by atoms with Gasteiger partial charge in [0.05, 0.1) is 12.3 Å². The molecule has 4 nitrogen and oxygen atoms in total. The summed E-state index contributed by atoms with van der Waals surface area (Å²) < 4.78 is 13.4. The van der Waals surface area contributed by atoms with Crippen molar-refractivity contribution >= 4 is 11.4 Å². The van der Waals surface area contributed by atoms with Crippen LogP contribution in [0.4, 0.5) is 10.1 Å². The van der Waals surface area contributed by atoms with Crippen molar-refractivity contribution in [3.8, 4) is 0 Å². The van der Waals surface area contributed by atoms with Crippen LogP contribution in [0, 0.1) is 24.6 Å². The average Bonchev–Trinajstić information content (AvgIpc) is 2.60. The van der Waals surface area contributed by atoms with Crippen LogP contribution >= 0.6 is 0 Å². The molecule has 0 bridgehead atoms. The second kappa shape index (κ2) is 10.1. The van der Waals surface area contributed by atoms with E-state index >= 15 is 0 Å². The molecule has 0 radical (unpaired) electrons. The van der Waals surface area contributed by atoms with E-state index in [0.717, 1.165) is 49.4 Å². The van der Waals surface area contributed by atoms with Crippen molar-refractivity contribution in [1.82, 2.24) is 4.90 Å². The number of rotatable bonds is 8. The zero-order valence-electron chi connectivity index (χ0n) is 16.4. The van der Waals surface area contributed by atoms with Crippen LogP contribution in [-0.2, 0) is 0 Å². The van der Waals surface area contributed by atoms with E-state index in [1.165, 1.54) is 25.0 Å². The molecular formula is C21H34FN3O. The van der Waals surface area contributed by atoms with Gasteiger partial charge < -0.3 is 15.7 Å². The fraction of sp³-hybridized carbons (Fsp3) is 0.667. The van der Waals surface area contributed by atoms with Crippen LogP contribution in [0.5, 0.6) is 0 Å². The van der Waals surface area contributed by atoms with E-state index in [2.05, 4.69) is 11.8 Å². The van der Waals surface area contributed by atoms with Gasteiger partial charge >= 0.3 is 0 Å². The lowest BCUT2D eigenvalue weighted by molar-refractivity contribution is 0.132. The van der Waals surface area contributed by atoms with E-state index in [0.29, 0.717) is 11.8 Å². The van der Waals surface area contributed by atoms with Crippen molar-refractivity contribution in [2.24, 2.45) is 22.6 Å². The van der Waals surface area contributed by atoms with Gasteiger partial charge in [-0.05, 0) is 81.7 Å². The molecule has 0 aromatic heterocycles. The summed E-state index contributed by atoms with van der Waals surface area (Å²) in [6.07, 6.45) is 4.47. The summed E-state index contributed by atoms with van der Waals surface area (Å²) in [4.78, 5) is 7.22. The molecule has 3 unspecified atom stereocenters. The summed E-state index contributed by atoms with van der Waals surface area (Å²) in [7, 11) is 0. The quantitative estimate of drug-likeness (QED) is 0.693. The highest BCUT2D eigenvalue weighted by Crippen LogP contribution is 2.28. The highest BCUT2D eigenvalue weighted by atomic mass is 19.1. The van der Waals surface area contributed by atoms with E-state index in [9.17, 15) is 9.50 Å². The fourth-order valence-electron chi connectivity index (χ4n) is 4.04. The first-order valence-electron chi connectivity index (χ1n) is 9.88. The van der Waals surface area contributed by atoms with E-state index in [1.807, 2.05) is 13.8 Å². The highest BCUT2D eigenvalue weighted by Gasteiger charge is 2.26. The molecular weight excluding hydrogens is 329 g/mol. The fourth-order valence-corrected chi connectivity index (χ4v) is 4.04. The number of nitrogens with zero attached hydrogens (tertiary/aromatic N) is 2. The largest absolute Gasteiger partial charge is 0.395 e. The average molecular weight is 364 g/mol. The molecule has 0 spiro atoms. The minimum absolute atomic E-state index is 0.124. The maximum atomic E-state index is 13.4. The molecule has 26 heavy (non-hydrogen) atoms. The lowest BCUT2D eigenvalue weighted by Gasteiger charge is -2.34. The van der Waals surface area contributed by atoms with Crippen LogP contribution in [0.3, 0.4) is 0 Å². The SMILES string of the molecule is CCC(CC1CCCN(CCO)C1)C(=Nc1ccc(F)cc1C)C(C)N. The summed E-state index contributed by atoms with van der Waals surface area (Å²) in [6, 6.07) is 4.59. The maximum Gasteiger partial charge on any atom is 0.123 e. The summed E-state index contributed by atoms with van der Waals surface area (Å²) in [5.41, 5.74) is 8.93. The van der Waals surface area contributed by atoms with Gasteiger partial charge in [-0.2, -0.15) is 0 Å². The van der Waals surface area contributed by atoms with Gasteiger partial charge in [-0.3, -0.25) is 4.99 Å². The van der Waals surface area contributed by atoms with Crippen LogP contribution in [0.15, 0.2) is 23.2 Å². The summed E-state index contributed by atoms with van der Waals surface area (Å²) in [5, 5.41) is 9.20. The predicted molar refractivity (Wildman–Crippen MR) is 107 cm³/mol. The number of likely N-dealkylation sites (tertiary alicyclic amines) is 1. The van der Waals surface area contributed by atoms with Crippen LogP contribution in [0.2, 0.25) is 0 Å². The lowest BCUT2D eigenvalue weighted by Crippen LogP contribution is -2.40. The molecule has 0 amide bonds. The molecule has 146 valence electrons. The monoisotopic (exact) mass is 363 g/mol. The Morgan fingerprint density at radius 2 is 2.23 bits per heavy atom. The van der Waals surface area contributed by atoms with Crippen molar-refractivity contribution in [2.75, 3.05) is 26.2 Å². The molecule has 1 aromatic carbocycles. The van der Waals surface area contributed by atoms with E-state index in [4.69, 9.17) is 10.7 Å². The van der Waals surface area contributed by atoms with Gasteiger partial charge in [-0.15, -0.1) is 0 Å². The Hall–Kier alpha value is -1.30. The van der Waals surface area contributed by atoms with Gasteiger partial charge in [0, 0.05) is 24.8 Å². The number of hydrogen-bond donors (Lipinski definition) is 2. The van der Waals surface area contributed by atoms with Crippen molar-refractivity contribution in [2.45, 2.75) is 52.5 Å². The molecule has 3 N–H and O–H groups in total. The highest BCUT2D eigenvalue weighted by molar-refractivity contribution is 5.93. The Kier molecular flexibility index (Phi) is 8.19. The molecule has 1 aromatic rings. The number of benzene rings is 1. The van der Waals surface area contributed by atoms with Crippen molar-refractivity contribution in [1.29, 1.82) is 0 Å². The molecule has 0 saturated carbocycles. The third-order valence-electron chi connectivity index (χ3n) is 5.42. The van der Waals surface area contributed by atoms with Gasteiger partial charge in [-0.1, -0.05) is 6.92 Å². The summed E-state index contributed by atoms with van der Waals surface area (Å²) in [5.74, 6) is 0.707. The van der Waals surface area contributed by atoms with Gasteiger partial charge in [0.1, 0.15) is 5.82 Å². The number of piperidine rings is 1. The molecule has 5 heteroatoms. The summed E-state index contributed by atoms with van der Waals surface area (Å²) >= 11 is 0. The Morgan fingerprint density at radius 1 is 1.46 bits per heavy atom. The molecule has 1 aliphatic heterocycles. The predicted octanol–water partition coefficient (Wildman–Crippen LogP) is 3.67. The molecule has 2 rings (SSSR count). The smallest absolute Gasteiger partial charge is 0.123 e. The number of aliphatic imine (C=N–C) groups is 1. The number of halogens is 1. The van der Waals surface area contributed by atoms with Gasteiger partial charge in [0.15, 0.2) is 0 Å².